The predicted molar refractivity (Wildman–Crippen MR) is 209 cm³/mol. The molecule has 3 heterocycles. The SMILES string of the molecule is [2H]c1c([2H])c([2H])c2c(c1[2H])c1c([2H])c([2H])c([2H])c([2H])c1n2-c1ccc(-c2ccccc2)cc1-c1nc(-c2ccccc2)nc(-c2ccc3c(c2)sc2ccccc23)n1. The summed E-state index contributed by atoms with van der Waals surface area (Å²) in [7, 11) is 0. The first-order chi connectivity index (χ1) is 28.1. The van der Waals surface area contributed by atoms with Gasteiger partial charge in [0.25, 0.3) is 0 Å². The zero-order chi connectivity index (χ0) is 40.0. The lowest BCUT2D eigenvalue weighted by atomic mass is 10.0. The van der Waals surface area contributed by atoms with E-state index in [2.05, 4.69) is 24.3 Å². The fourth-order valence-corrected chi connectivity index (χ4v) is 7.73. The molecule has 3 aromatic heterocycles. The molecular formula is C45H28N4S. The first-order valence-corrected chi connectivity index (χ1v) is 16.9. The maximum atomic E-state index is 9.18. The van der Waals surface area contributed by atoms with Crippen molar-refractivity contribution in [1.29, 1.82) is 0 Å². The molecule has 5 heteroatoms. The Morgan fingerprint density at radius 2 is 1.02 bits per heavy atom. The van der Waals surface area contributed by atoms with Crippen molar-refractivity contribution in [1.82, 2.24) is 19.5 Å². The van der Waals surface area contributed by atoms with Crippen LogP contribution in [0.2, 0.25) is 0 Å². The van der Waals surface area contributed by atoms with E-state index in [-0.39, 0.29) is 39.7 Å². The summed E-state index contributed by atoms with van der Waals surface area (Å²) in [6.45, 7) is 0. The molecule has 10 aromatic rings. The van der Waals surface area contributed by atoms with E-state index in [1.807, 2.05) is 91.0 Å². The number of para-hydroxylation sites is 2. The summed E-state index contributed by atoms with van der Waals surface area (Å²) in [6, 6.07) is 35.7. The minimum Gasteiger partial charge on any atom is -0.309 e. The van der Waals surface area contributed by atoms with Gasteiger partial charge in [-0.25, -0.2) is 15.0 Å². The highest BCUT2D eigenvalue weighted by Crippen LogP contribution is 2.39. The van der Waals surface area contributed by atoms with Crippen molar-refractivity contribution in [2.45, 2.75) is 0 Å². The molecule has 0 aliphatic carbocycles. The maximum absolute atomic E-state index is 9.18. The van der Waals surface area contributed by atoms with Gasteiger partial charge in [0.05, 0.1) is 27.7 Å². The third-order valence-electron chi connectivity index (χ3n) is 8.92. The molecule has 0 bridgehead atoms. The van der Waals surface area contributed by atoms with Crippen LogP contribution in [0.5, 0.6) is 0 Å². The molecular weight excluding hydrogens is 629 g/mol. The van der Waals surface area contributed by atoms with Crippen LogP contribution >= 0.6 is 11.3 Å². The summed E-state index contributed by atoms with van der Waals surface area (Å²) in [5.41, 5.74) is 4.03. The number of hydrogen-bond donors (Lipinski definition) is 0. The lowest BCUT2D eigenvalue weighted by molar-refractivity contribution is 1.07. The molecule has 0 N–H and O–H groups in total. The Hall–Kier alpha value is -6.43. The highest BCUT2D eigenvalue weighted by molar-refractivity contribution is 7.25. The summed E-state index contributed by atoms with van der Waals surface area (Å²) < 4.78 is 74.6. The van der Waals surface area contributed by atoms with E-state index in [1.165, 1.54) is 14.7 Å². The Morgan fingerprint density at radius 3 is 1.76 bits per heavy atom. The van der Waals surface area contributed by atoms with Gasteiger partial charge >= 0.3 is 0 Å². The molecule has 4 nitrogen and oxygen atoms in total. The quantitative estimate of drug-likeness (QED) is 0.184. The lowest BCUT2D eigenvalue weighted by Gasteiger charge is -2.16. The standard InChI is InChI=1S/C45H28N4S/c1-3-13-29(14-4-1)31-24-26-40(49-38-20-10-7-17-33(38)34-18-8-11-21-39(34)49)37(27-31)45-47-43(30-15-5-2-6-16-30)46-44(48-45)32-23-25-36-35-19-9-12-22-41(35)50-42(36)28-32/h1-28H/i7D,8D,10D,11D,17D,18D,20D,21D. The first kappa shape index (κ1) is 21.5. The van der Waals surface area contributed by atoms with Crippen LogP contribution in [0, 0.1) is 0 Å². The van der Waals surface area contributed by atoms with Gasteiger partial charge in [0, 0.05) is 47.6 Å². The molecule has 0 atom stereocenters. The first-order valence-electron chi connectivity index (χ1n) is 20.0. The van der Waals surface area contributed by atoms with Crippen molar-refractivity contribution in [3.8, 4) is 51.0 Å². The van der Waals surface area contributed by atoms with Crippen LogP contribution < -0.4 is 0 Å². The van der Waals surface area contributed by atoms with Gasteiger partial charge in [-0.2, -0.15) is 0 Å². The fraction of sp³-hybridized carbons (Fsp3) is 0. The van der Waals surface area contributed by atoms with Crippen LogP contribution in [0.1, 0.15) is 11.0 Å². The Labute approximate surface area is 303 Å². The Bertz CT molecular complexity index is 3250. The second kappa shape index (κ2) is 11.6. The van der Waals surface area contributed by atoms with Gasteiger partial charge in [0.15, 0.2) is 17.5 Å². The summed E-state index contributed by atoms with van der Waals surface area (Å²) >= 11 is 1.69. The Morgan fingerprint density at radius 1 is 0.440 bits per heavy atom. The molecule has 7 aromatic carbocycles. The predicted octanol–water partition coefficient (Wildman–Crippen LogP) is 12.0. The van der Waals surface area contributed by atoms with Gasteiger partial charge < -0.3 is 4.57 Å². The minimum atomic E-state index is -0.506. The number of benzene rings is 7. The molecule has 0 amide bonds. The van der Waals surface area contributed by atoms with Crippen molar-refractivity contribution < 1.29 is 11.0 Å². The highest BCUT2D eigenvalue weighted by atomic mass is 32.1. The molecule has 0 spiro atoms. The van der Waals surface area contributed by atoms with Crippen LogP contribution in [0.25, 0.3) is 93.0 Å². The van der Waals surface area contributed by atoms with Crippen molar-refractivity contribution in [2.75, 3.05) is 0 Å². The van der Waals surface area contributed by atoms with Crippen molar-refractivity contribution in [2.24, 2.45) is 0 Å². The van der Waals surface area contributed by atoms with E-state index >= 15 is 0 Å². The topological polar surface area (TPSA) is 43.6 Å². The smallest absolute Gasteiger partial charge is 0.166 e. The van der Waals surface area contributed by atoms with Gasteiger partial charge in [0.1, 0.15) is 0 Å². The summed E-state index contributed by atoms with van der Waals surface area (Å²) in [5, 5.41) is 2.27. The third-order valence-corrected chi connectivity index (χ3v) is 10.1. The van der Waals surface area contributed by atoms with E-state index in [4.69, 9.17) is 23.2 Å². The number of nitrogens with zero attached hydrogens (tertiary/aromatic N) is 4. The number of hydrogen-bond acceptors (Lipinski definition) is 4. The number of fused-ring (bicyclic) bond motifs is 6. The van der Waals surface area contributed by atoms with E-state index < -0.39 is 36.3 Å². The molecule has 0 aliphatic rings. The van der Waals surface area contributed by atoms with E-state index in [0.29, 0.717) is 22.9 Å². The number of aromatic nitrogens is 4. The average molecular weight is 665 g/mol. The van der Waals surface area contributed by atoms with Gasteiger partial charge in [-0.3, -0.25) is 0 Å². The summed E-state index contributed by atoms with van der Waals surface area (Å²) in [6.07, 6.45) is 0. The molecule has 0 radical (unpaired) electrons. The van der Waals surface area contributed by atoms with Gasteiger partial charge in [-0.1, -0.05) is 133 Å². The molecule has 0 fully saturated rings. The number of thiophene rings is 1. The zero-order valence-corrected chi connectivity index (χ0v) is 27.1. The van der Waals surface area contributed by atoms with Crippen LogP contribution in [0.3, 0.4) is 0 Å². The third kappa shape index (κ3) is 4.71. The molecule has 0 saturated carbocycles. The minimum absolute atomic E-state index is 0.00878. The lowest BCUT2D eigenvalue weighted by Crippen LogP contribution is -2.04. The monoisotopic (exact) mass is 664 g/mol. The summed E-state index contributed by atoms with van der Waals surface area (Å²) in [5.74, 6) is 1.06. The van der Waals surface area contributed by atoms with Crippen molar-refractivity contribution >= 4 is 53.3 Å². The van der Waals surface area contributed by atoms with Gasteiger partial charge in [-0.15, -0.1) is 11.3 Å². The maximum Gasteiger partial charge on any atom is 0.166 e. The molecule has 10 rings (SSSR count). The zero-order valence-electron chi connectivity index (χ0n) is 34.2. The summed E-state index contributed by atoms with van der Waals surface area (Å²) in [4.78, 5) is 15.2. The van der Waals surface area contributed by atoms with Crippen molar-refractivity contribution in [3.63, 3.8) is 0 Å². The van der Waals surface area contributed by atoms with Gasteiger partial charge in [-0.05, 0) is 47.5 Å². The second-order valence-electron chi connectivity index (χ2n) is 11.9. The van der Waals surface area contributed by atoms with E-state index in [9.17, 15) is 2.74 Å². The molecule has 0 unspecified atom stereocenters. The van der Waals surface area contributed by atoms with E-state index in [0.717, 1.165) is 32.3 Å². The normalized spacial score (nSPS) is 13.8. The Kier molecular flexibility index (Phi) is 5.00. The van der Waals surface area contributed by atoms with Gasteiger partial charge in [0.2, 0.25) is 0 Å². The van der Waals surface area contributed by atoms with Crippen molar-refractivity contribution in [3.05, 3.63) is 170 Å². The Balaban J connectivity index is 1.33. The largest absolute Gasteiger partial charge is 0.309 e. The van der Waals surface area contributed by atoms with Crippen LogP contribution in [-0.2, 0) is 0 Å². The molecule has 0 aliphatic heterocycles. The van der Waals surface area contributed by atoms with Crippen LogP contribution in [0.15, 0.2) is 170 Å². The molecule has 234 valence electrons. The fourth-order valence-electron chi connectivity index (χ4n) is 6.59. The second-order valence-corrected chi connectivity index (χ2v) is 12.9. The highest BCUT2D eigenvalue weighted by Gasteiger charge is 2.20. The van der Waals surface area contributed by atoms with E-state index in [1.54, 1.807) is 17.4 Å². The average Bonchev–Trinajstić information content (AvgIpc) is 3.83. The van der Waals surface area contributed by atoms with Crippen LogP contribution in [0.4, 0.5) is 0 Å². The molecule has 50 heavy (non-hydrogen) atoms. The number of rotatable bonds is 5. The van der Waals surface area contributed by atoms with Crippen LogP contribution in [-0.4, -0.2) is 19.5 Å². The molecule has 0 saturated heterocycles.